The molecule has 0 aliphatic heterocycles. The summed E-state index contributed by atoms with van der Waals surface area (Å²) in [5, 5.41) is 3.35. The molecular formula is C15H31N3O. The summed E-state index contributed by atoms with van der Waals surface area (Å²) in [6.07, 6.45) is 8.76. The van der Waals surface area contributed by atoms with Crippen LogP contribution in [0.1, 0.15) is 58.8 Å². The fourth-order valence-corrected chi connectivity index (χ4v) is 2.36. The standard InChI is InChI=1S/C15H31N3O/c1-13(2)12-19-11-7-10-17-15(16)18-14-8-5-3-4-6-9-14/h13-14H,3-12H2,1-2H3,(H3,16,17,18). The molecule has 1 saturated carbocycles. The Labute approximate surface area is 118 Å². The summed E-state index contributed by atoms with van der Waals surface area (Å²) >= 11 is 0. The predicted octanol–water partition coefficient (Wildman–Crippen LogP) is 2.68. The molecule has 0 unspecified atom stereocenters. The van der Waals surface area contributed by atoms with Gasteiger partial charge in [-0.1, -0.05) is 39.5 Å². The minimum atomic E-state index is 0.531. The maximum absolute atomic E-state index is 5.92. The zero-order valence-corrected chi connectivity index (χ0v) is 12.7. The van der Waals surface area contributed by atoms with Crippen LogP contribution in [-0.2, 0) is 4.74 Å². The maximum Gasteiger partial charge on any atom is 0.188 e. The summed E-state index contributed by atoms with van der Waals surface area (Å²) in [6, 6.07) is 0.531. The molecule has 1 fully saturated rings. The number of hydrogen-bond acceptors (Lipinski definition) is 2. The summed E-state index contributed by atoms with van der Waals surface area (Å²) in [5.41, 5.74) is 5.92. The third-order valence-electron chi connectivity index (χ3n) is 3.39. The van der Waals surface area contributed by atoms with Crippen LogP contribution in [0.15, 0.2) is 4.99 Å². The molecule has 0 spiro atoms. The fourth-order valence-electron chi connectivity index (χ4n) is 2.36. The van der Waals surface area contributed by atoms with Crippen molar-refractivity contribution in [3.05, 3.63) is 0 Å². The predicted molar refractivity (Wildman–Crippen MR) is 81.4 cm³/mol. The highest BCUT2D eigenvalue weighted by molar-refractivity contribution is 5.78. The Morgan fingerprint density at radius 2 is 1.95 bits per heavy atom. The molecule has 0 heterocycles. The van der Waals surface area contributed by atoms with Gasteiger partial charge in [0.2, 0.25) is 0 Å². The van der Waals surface area contributed by atoms with E-state index in [4.69, 9.17) is 10.5 Å². The molecule has 4 heteroatoms. The van der Waals surface area contributed by atoms with Crippen LogP contribution in [0.5, 0.6) is 0 Å². The smallest absolute Gasteiger partial charge is 0.188 e. The van der Waals surface area contributed by atoms with Gasteiger partial charge in [0.15, 0.2) is 5.96 Å². The number of nitrogens with one attached hydrogen (secondary N) is 1. The van der Waals surface area contributed by atoms with Crippen molar-refractivity contribution >= 4 is 5.96 Å². The second-order valence-electron chi connectivity index (χ2n) is 5.92. The van der Waals surface area contributed by atoms with Crippen LogP contribution in [0.4, 0.5) is 0 Å². The van der Waals surface area contributed by atoms with Gasteiger partial charge in [0, 0.05) is 25.8 Å². The first-order valence-electron chi connectivity index (χ1n) is 7.82. The highest BCUT2D eigenvalue weighted by Crippen LogP contribution is 2.16. The van der Waals surface area contributed by atoms with Crippen LogP contribution >= 0.6 is 0 Å². The molecule has 0 aromatic heterocycles. The van der Waals surface area contributed by atoms with Crippen LogP contribution in [0.25, 0.3) is 0 Å². The molecule has 0 bridgehead atoms. The lowest BCUT2D eigenvalue weighted by Crippen LogP contribution is -2.39. The van der Waals surface area contributed by atoms with E-state index in [0.29, 0.717) is 17.9 Å². The van der Waals surface area contributed by atoms with Gasteiger partial charge < -0.3 is 15.8 Å². The van der Waals surface area contributed by atoms with Crippen LogP contribution in [0.3, 0.4) is 0 Å². The number of nitrogens with two attached hydrogens (primary N) is 1. The first-order chi connectivity index (χ1) is 9.18. The SMILES string of the molecule is CC(C)COCCCN=C(N)NC1CCCCCC1. The highest BCUT2D eigenvalue weighted by Gasteiger charge is 2.11. The first-order valence-corrected chi connectivity index (χ1v) is 7.82. The molecule has 19 heavy (non-hydrogen) atoms. The van der Waals surface area contributed by atoms with Gasteiger partial charge >= 0.3 is 0 Å². The van der Waals surface area contributed by atoms with Gasteiger partial charge in [-0.2, -0.15) is 0 Å². The van der Waals surface area contributed by atoms with Crippen molar-refractivity contribution in [2.75, 3.05) is 19.8 Å². The molecule has 0 aromatic carbocycles. The molecule has 1 aliphatic carbocycles. The van der Waals surface area contributed by atoms with Crippen molar-refractivity contribution in [1.29, 1.82) is 0 Å². The van der Waals surface area contributed by atoms with E-state index in [1.807, 2.05) is 0 Å². The van der Waals surface area contributed by atoms with Crippen LogP contribution in [0.2, 0.25) is 0 Å². The van der Waals surface area contributed by atoms with Gasteiger partial charge in [0.1, 0.15) is 0 Å². The van der Waals surface area contributed by atoms with Crippen molar-refractivity contribution in [3.63, 3.8) is 0 Å². The Kier molecular flexibility index (Phi) is 8.63. The Balaban J connectivity index is 2.07. The molecule has 0 saturated heterocycles. The Morgan fingerprint density at radius 3 is 2.58 bits per heavy atom. The number of hydrogen-bond donors (Lipinski definition) is 2. The summed E-state index contributed by atoms with van der Waals surface area (Å²) in [4.78, 5) is 4.37. The normalized spacial score (nSPS) is 18.6. The van der Waals surface area contributed by atoms with Gasteiger partial charge in [0.25, 0.3) is 0 Å². The summed E-state index contributed by atoms with van der Waals surface area (Å²) in [5.74, 6) is 1.21. The van der Waals surface area contributed by atoms with E-state index in [0.717, 1.165) is 26.2 Å². The van der Waals surface area contributed by atoms with Crippen LogP contribution in [-0.4, -0.2) is 31.8 Å². The van der Waals surface area contributed by atoms with E-state index in [-0.39, 0.29) is 0 Å². The number of guanidine groups is 1. The first kappa shape index (κ1) is 16.3. The van der Waals surface area contributed by atoms with Crippen molar-refractivity contribution in [2.24, 2.45) is 16.6 Å². The summed E-state index contributed by atoms with van der Waals surface area (Å²) < 4.78 is 5.51. The molecule has 1 aliphatic rings. The molecule has 4 nitrogen and oxygen atoms in total. The third kappa shape index (κ3) is 8.87. The zero-order chi connectivity index (χ0) is 13.9. The minimum Gasteiger partial charge on any atom is -0.381 e. The van der Waals surface area contributed by atoms with Crippen LogP contribution in [0, 0.1) is 5.92 Å². The lowest BCUT2D eigenvalue weighted by Gasteiger charge is -2.16. The van der Waals surface area contributed by atoms with Crippen molar-refractivity contribution in [2.45, 2.75) is 64.8 Å². The van der Waals surface area contributed by atoms with Crippen molar-refractivity contribution in [3.8, 4) is 0 Å². The van der Waals surface area contributed by atoms with E-state index in [1.54, 1.807) is 0 Å². The molecule has 1 rings (SSSR count). The molecule has 3 N–H and O–H groups in total. The fraction of sp³-hybridized carbons (Fsp3) is 0.933. The molecule has 112 valence electrons. The van der Waals surface area contributed by atoms with Gasteiger partial charge in [-0.05, 0) is 25.2 Å². The lowest BCUT2D eigenvalue weighted by molar-refractivity contribution is 0.109. The molecule has 0 amide bonds. The van der Waals surface area contributed by atoms with Crippen LogP contribution < -0.4 is 11.1 Å². The van der Waals surface area contributed by atoms with Crippen molar-refractivity contribution < 1.29 is 4.74 Å². The highest BCUT2D eigenvalue weighted by atomic mass is 16.5. The topological polar surface area (TPSA) is 59.6 Å². The third-order valence-corrected chi connectivity index (χ3v) is 3.39. The van der Waals surface area contributed by atoms with Gasteiger partial charge in [-0.25, -0.2) is 0 Å². The Hall–Kier alpha value is -0.770. The summed E-state index contributed by atoms with van der Waals surface area (Å²) in [6.45, 7) is 6.68. The molecule has 0 atom stereocenters. The summed E-state index contributed by atoms with van der Waals surface area (Å²) in [7, 11) is 0. The average Bonchev–Trinajstić information content (AvgIpc) is 2.62. The minimum absolute atomic E-state index is 0.531. The number of aliphatic imine (C=N–C) groups is 1. The Bertz CT molecular complexity index is 246. The monoisotopic (exact) mass is 269 g/mol. The maximum atomic E-state index is 5.92. The zero-order valence-electron chi connectivity index (χ0n) is 12.7. The number of rotatable bonds is 7. The van der Waals surface area contributed by atoms with E-state index in [9.17, 15) is 0 Å². The van der Waals surface area contributed by atoms with E-state index >= 15 is 0 Å². The van der Waals surface area contributed by atoms with Crippen molar-refractivity contribution in [1.82, 2.24) is 5.32 Å². The van der Waals surface area contributed by atoms with E-state index in [2.05, 4.69) is 24.2 Å². The molecule has 0 radical (unpaired) electrons. The molecule has 0 aromatic rings. The Morgan fingerprint density at radius 1 is 1.26 bits per heavy atom. The van der Waals surface area contributed by atoms with Gasteiger partial charge in [-0.15, -0.1) is 0 Å². The molecular weight excluding hydrogens is 238 g/mol. The van der Waals surface area contributed by atoms with Gasteiger partial charge in [0.05, 0.1) is 0 Å². The second kappa shape index (κ2) is 10.1. The largest absolute Gasteiger partial charge is 0.381 e. The lowest BCUT2D eigenvalue weighted by atomic mass is 10.1. The average molecular weight is 269 g/mol. The number of ether oxygens (including phenoxy) is 1. The van der Waals surface area contributed by atoms with E-state index in [1.165, 1.54) is 38.5 Å². The van der Waals surface area contributed by atoms with Gasteiger partial charge in [-0.3, -0.25) is 4.99 Å². The number of nitrogens with zero attached hydrogens (tertiary/aromatic N) is 1. The quantitative estimate of drug-likeness (QED) is 0.323. The second-order valence-corrected chi connectivity index (χ2v) is 5.92. The van der Waals surface area contributed by atoms with E-state index < -0.39 is 0 Å².